The van der Waals surface area contributed by atoms with Gasteiger partial charge >= 0.3 is 11.6 Å². The smallest absolute Gasteiger partial charge is 0.368 e. The van der Waals surface area contributed by atoms with Gasteiger partial charge in [-0.2, -0.15) is 5.26 Å². The fourth-order valence-electron chi connectivity index (χ4n) is 2.06. The first-order valence-electron chi connectivity index (χ1n) is 6.11. The molecule has 0 amide bonds. The SMILES string of the molecule is CCOC(=O)C1(C#N)OC(C)=NC1c1ccc(Br)cc1. The Balaban J connectivity index is 2.45. The molecule has 1 aliphatic rings. The molecule has 0 saturated carbocycles. The summed E-state index contributed by atoms with van der Waals surface area (Å²) >= 11 is 3.34. The third-order valence-electron chi connectivity index (χ3n) is 2.94. The molecule has 1 aromatic carbocycles. The van der Waals surface area contributed by atoms with Crippen LogP contribution in [0.3, 0.4) is 0 Å². The van der Waals surface area contributed by atoms with E-state index in [-0.39, 0.29) is 6.61 Å². The number of ether oxygens (including phenoxy) is 2. The van der Waals surface area contributed by atoms with Crippen molar-refractivity contribution < 1.29 is 14.3 Å². The Kier molecular flexibility index (Phi) is 4.09. The van der Waals surface area contributed by atoms with Crippen molar-refractivity contribution in [2.75, 3.05) is 6.61 Å². The standard InChI is InChI=1S/C14H13BrN2O3/c1-3-19-13(18)14(8-16)12(17-9(2)20-14)10-4-6-11(15)7-5-10/h4-7,12H,3H2,1-2H3. The maximum absolute atomic E-state index is 12.1. The predicted molar refractivity (Wildman–Crippen MR) is 76.1 cm³/mol. The maximum atomic E-state index is 12.1. The lowest BCUT2D eigenvalue weighted by Gasteiger charge is -2.24. The largest absolute Gasteiger partial charge is 0.462 e. The van der Waals surface area contributed by atoms with Crippen molar-refractivity contribution >= 4 is 27.8 Å². The molecular formula is C14H13BrN2O3. The number of benzene rings is 1. The Morgan fingerprint density at radius 3 is 2.75 bits per heavy atom. The summed E-state index contributed by atoms with van der Waals surface area (Å²) in [5.74, 6) is -0.413. The number of halogens is 1. The Labute approximate surface area is 125 Å². The number of nitriles is 1. The average Bonchev–Trinajstić information content (AvgIpc) is 2.78. The van der Waals surface area contributed by atoms with Crippen LogP contribution in [0.1, 0.15) is 25.5 Å². The highest BCUT2D eigenvalue weighted by Crippen LogP contribution is 2.39. The molecule has 1 aliphatic heterocycles. The number of esters is 1. The summed E-state index contributed by atoms with van der Waals surface area (Å²) in [7, 11) is 0. The summed E-state index contributed by atoms with van der Waals surface area (Å²) in [6, 6.07) is 8.45. The van der Waals surface area contributed by atoms with Crippen molar-refractivity contribution in [1.82, 2.24) is 0 Å². The lowest BCUT2D eigenvalue weighted by atomic mass is 9.90. The van der Waals surface area contributed by atoms with Gasteiger partial charge in [-0.1, -0.05) is 28.1 Å². The number of carbonyl (C=O) groups excluding carboxylic acids is 1. The van der Waals surface area contributed by atoms with Crippen molar-refractivity contribution in [3.8, 4) is 6.07 Å². The molecule has 0 spiro atoms. The van der Waals surface area contributed by atoms with E-state index < -0.39 is 17.6 Å². The number of hydrogen-bond acceptors (Lipinski definition) is 5. The lowest BCUT2D eigenvalue weighted by molar-refractivity contribution is -0.158. The zero-order chi connectivity index (χ0) is 14.8. The van der Waals surface area contributed by atoms with Gasteiger partial charge in [0.1, 0.15) is 12.1 Å². The van der Waals surface area contributed by atoms with Gasteiger partial charge in [0.2, 0.25) is 0 Å². The second kappa shape index (κ2) is 5.63. The first-order chi connectivity index (χ1) is 9.53. The fraction of sp³-hybridized carbons (Fsp3) is 0.357. The van der Waals surface area contributed by atoms with Gasteiger partial charge in [-0.25, -0.2) is 9.79 Å². The monoisotopic (exact) mass is 336 g/mol. The molecule has 5 nitrogen and oxygen atoms in total. The molecule has 1 aromatic rings. The Bertz CT molecular complexity index is 591. The third-order valence-corrected chi connectivity index (χ3v) is 3.46. The van der Waals surface area contributed by atoms with Gasteiger partial charge in [-0.3, -0.25) is 0 Å². The van der Waals surface area contributed by atoms with Crippen LogP contribution >= 0.6 is 15.9 Å². The highest BCUT2D eigenvalue weighted by molar-refractivity contribution is 9.10. The minimum absolute atomic E-state index is 0.178. The van der Waals surface area contributed by atoms with E-state index in [2.05, 4.69) is 20.9 Å². The fourth-order valence-corrected chi connectivity index (χ4v) is 2.33. The van der Waals surface area contributed by atoms with Gasteiger partial charge < -0.3 is 9.47 Å². The van der Waals surface area contributed by atoms with Crippen molar-refractivity contribution in [1.29, 1.82) is 5.26 Å². The molecule has 0 radical (unpaired) electrons. The van der Waals surface area contributed by atoms with Crippen LogP contribution < -0.4 is 0 Å². The Hall–Kier alpha value is -1.87. The minimum atomic E-state index is -1.74. The summed E-state index contributed by atoms with van der Waals surface area (Å²) in [6.45, 7) is 3.47. The van der Waals surface area contributed by atoms with Crippen LogP contribution in [-0.2, 0) is 14.3 Å². The van der Waals surface area contributed by atoms with Gasteiger partial charge in [0.15, 0.2) is 5.90 Å². The minimum Gasteiger partial charge on any atom is -0.462 e. The third kappa shape index (κ3) is 2.41. The molecule has 0 aromatic heterocycles. The normalized spacial score (nSPS) is 24.5. The zero-order valence-electron chi connectivity index (χ0n) is 11.1. The first kappa shape index (κ1) is 14.5. The van der Waals surface area contributed by atoms with Crippen molar-refractivity contribution in [2.45, 2.75) is 25.5 Å². The summed E-state index contributed by atoms with van der Waals surface area (Å²) in [4.78, 5) is 16.4. The van der Waals surface area contributed by atoms with Gasteiger partial charge in [0, 0.05) is 11.4 Å². The molecule has 6 heteroatoms. The summed E-state index contributed by atoms with van der Waals surface area (Å²) in [5, 5.41) is 9.46. The average molecular weight is 337 g/mol. The van der Waals surface area contributed by atoms with Gasteiger partial charge in [-0.05, 0) is 24.6 Å². The number of carbonyl (C=O) groups is 1. The molecule has 0 N–H and O–H groups in total. The topological polar surface area (TPSA) is 71.7 Å². The second-order valence-corrected chi connectivity index (χ2v) is 5.19. The second-order valence-electron chi connectivity index (χ2n) is 4.27. The van der Waals surface area contributed by atoms with Crippen LogP contribution in [-0.4, -0.2) is 24.1 Å². The van der Waals surface area contributed by atoms with Crippen molar-refractivity contribution in [3.63, 3.8) is 0 Å². The molecule has 2 rings (SSSR count). The molecule has 0 fully saturated rings. The highest BCUT2D eigenvalue weighted by Gasteiger charge is 2.55. The van der Waals surface area contributed by atoms with E-state index >= 15 is 0 Å². The molecule has 0 bridgehead atoms. The van der Waals surface area contributed by atoms with E-state index in [1.54, 1.807) is 26.0 Å². The molecule has 20 heavy (non-hydrogen) atoms. The Morgan fingerprint density at radius 1 is 1.55 bits per heavy atom. The predicted octanol–water partition coefficient (Wildman–Crippen LogP) is 2.76. The van der Waals surface area contributed by atoms with Gasteiger partial charge in [-0.15, -0.1) is 0 Å². The number of aliphatic imine (C=N–C) groups is 1. The summed E-state index contributed by atoms with van der Waals surface area (Å²) < 4.78 is 11.3. The number of nitrogens with zero attached hydrogens (tertiary/aromatic N) is 2. The summed E-state index contributed by atoms with van der Waals surface area (Å²) in [5.41, 5.74) is -1.02. The van der Waals surface area contributed by atoms with Crippen molar-refractivity contribution in [2.24, 2.45) is 4.99 Å². The highest BCUT2D eigenvalue weighted by atomic mass is 79.9. The van der Waals surface area contributed by atoms with Crippen LogP contribution in [0.25, 0.3) is 0 Å². The molecule has 0 aliphatic carbocycles. The van der Waals surface area contributed by atoms with E-state index in [1.807, 2.05) is 18.2 Å². The van der Waals surface area contributed by atoms with E-state index in [0.29, 0.717) is 5.90 Å². The molecule has 0 saturated heterocycles. The quantitative estimate of drug-likeness (QED) is 0.795. The molecule has 1 heterocycles. The zero-order valence-corrected chi connectivity index (χ0v) is 12.7. The van der Waals surface area contributed by atoms with E-state index in [0.717, 1.165) is 10.0 Å². The lowest BCUT2D eigenvalue weighted by Crippen LogP contribution is -2.44. The van der Waals surface area contributed by atoms with E-state index in [1.165, 1.54) is 0 Å². The van der Waals surface area contributed by atoms with Crippen LogP contribution in [0, 0.1) is 11.3 Å². The van der Waals surface area contributed by atoms with Crippen LogP contribution in [0.15, 0.2) is 33.7 Å². The molecular weight excluding hydrogens is 324 g/mol. The van der Waals surface area contributed by atoms with Gasteiger partial charge in [0.05, 0.1) is 6.61 Å². The Morgan fingerprint density at radius 2 is 2.20 bits per heavy atom. The van der Waals surface area contributed by atoms with Crippen LogP contribution in [0.5, 0.6) is 0 Å². The van der Waals surface area contributed by atoms with Crippen LogP contribution in [0.2, 0.25) is 0 Å². The maximum Gasteiger partial charge on any atom is 0.368 e. The molecule has 2 unspecified atom stereocenters. The first-order valence-corrected chi connectivity index (χ1v) is 6.90. The van der Waals surface area contributed by atoms with Gasteiger partial charge in [0.25, 0.3) is 0 Å². The molecule has 2 atom stereocenters. The van der Waals surface area contributed by atoms with E-state index in [9.17, 15) is 10.1 Å². The van der Waals surface area contributed by atoms with E-state index in [4.69, 9.17) is 9.47 Å². The molecule has 104 valence electrons. The number of hydrogen-bond donors (Lipinski definition) is 0. The number of rotatable bonds is 3. The van der Waals surface area contributed by atoms with Crippen LogP contribution in [0.4, 0.5) is 0 Å². The summed E-state index contributed by atoms with van der Waals surface area (Å²) in [6.07, 6.45) is 0. The van der Waals surface area contributed by atoms with Crippen molar-refractivity contribution in [3.05, 3.63) is 34.3 Å².